The van der Waals surface area contributed by atoms with Gasteiger partial charge in [0, 0.05) is 5.56 Å². The second-order valence-electron chi connectivity index (χ2n) is 5.25. The van der Waals surface area contributed by atoms with E-state index in [1.165, 1.54) is 24.3 Å². The molecule has 2 N–H and O–H groups in total. The number of nitrogens with one attached hydrogen (secondary N) is 2. The fraction of sp³-hybridized carbons (Fsp3) is 0. The number of hydrogen-bond donors (Lipinski definition) is 2. The molecule has 0 atom stereocenters. The van der Waals surface area contributed by atoms with Gasteiger partial charge in [0.2, 0.25) is 0 Å². The molecule has 4 amide bonds. The Balaban J connectivity index is 1.63. The minimum absolute atomic E-state index is 0.0997. The van der Waals surface area contributed by atoms with Gasteiger partial charge < -0.3 is 4.42 Å². The quantitative estimate of drug-likeness (QED) is 0.756. The van der Waals surface area contributed by atoms with Gasteiger partial charge in [-0.25, -0.2) is 9.18 Å². The minimum atomic E-state index is -1.08. The number of hydrogen-bond acceptors (Lipinski definition) is 4. The predicted octanol–water partition coefficient (Wildman–Crippen LogP) is 3.37. The van der Waals surface area contributed by atoms with Crippen LogP contribution in [-0.2, 0) is 0 Å². The minimum Gasteiger partial charge on any atom is -0.451 e. The maximum atomic E-state index is 13.5. The van der Waals surface area contributed by atoms with Crippen LogP contribution >= 0.6 is 0 Å². The average molecular weight is 352 g/mol. The lowest BCUT2D eigenvalue weighted by Gasteiger charge is -2.05. The van der Waals surface area contributed by atoms with Crippen molar-refractivity contribution in [2.24, 2.45) is 0 Å². The van der Waals surface area contributed by atoms with Gasteiger partial charge in [-0.15, -0.1) is 0 Å². The van der Waals surface area contributed by atoms with Crippen LogP contribution < -0.4 is 10.6 Å². The van der Waals surface area contributed by atoms with E-state index in [4.69, 9.17) is 4.42 Å². The Morgan fingerprint density at radius 3 is 2.15 bits per heavy atom. The number of furan rings is 1. The van der Waals surface area contributed by atoms with E-state index in [2.05, 4.69) is 0 Å². The molecule has 0 saturated carbocycles. The fourth-order valence-corrected chi connectivity index (χ4v) is 2.23. The maximum Gasteiger partial charge on any atom is 0.328 e. The van der Waals surface area contributed by atoms with Gasteiger partial charge in [-0.05, 0) is 24.3 Å². The third-order valence-electron chi connectivity index (χ3n) is 3.46. The normalized spacial score (nSPS) is 10.2. The van der Waals surface area contributed by atoms with E-state index in [-0.39, 0.29) is 11.3 Å². The number of benzene rings is 2. The molecule has 0 unspecified atom stereocenters. The van der Waals surface area contributed by atoms with Crippen molar-refractivity contribution in [1.82, 2.24) is 10.6 Å². The van der Waals surface area contributed by atoms with Crippen molar-refractivity contribution in [3.63, 3.8) is 0 Å². The Labute approximate surface area is 147 Å². The molecule has 130 valence electrons. The van der Waals surface area contributed by atoms with Crippen molar-refractivity contribution in [2.75, 3.05) is 0 Å². The van der Waals surface area contributed by atoms with Crippen molar-refractivity contribution in [3.05, 3.63) is 83.9 Å². The molecule has 0 fully saturated rings. The summed E-state index contributed by atoms with van der Waals surface area (Å²) >= 11 is 0. The molecule has 0 spiro atoms. The highest BCUT2D eigenvalue weighted by molar-refractivity contribution is 6.10. The lowest BCUT2D eigenvalue weighted by molar-refractivity contribution is 0.0926. The van der Waals surface area contributed by atoms with E-state index >= 15 is 0 Å². The third-order valence-corrected chi connectivity index (χ3v) is 3.46. The molecule has 6 nitrogen and oxygen atoms in total. The van der Waals surface area contributed by atoms with Gasteiger partial charge in [0.1, 0.15) is 11.6 Å². The van der Waals surface area contributed by atoms with Crippen LogP contribution in [0.2, 0.25) is 0 Å². The average Bonchev–Trinajstić information content (AvgIpc) is 3.13. The smallest absolute Gasteiger partial charge is 0.328 e. The Hall–Kier alpha value is -3.74. The summed E-state index contributed by atoms with van der Waals surface area (Å²) in [6, 6.07) is 16.2. The zero-order chi connectivity index (χ0) is 18.5. The van der Waals surface area contributed by atoms with Crippen molar-refractivity contribution in [3.8, 4) is 11.3 Å². The molecular weight excluding hydrogens is 339 g/mol. The third kappa shape index (κ3) is 3.84. The first-order chi connectivity index (χ1) is 12.5. The summed E-state index contributed by atoms with van der Waals surface area (Å²) in [6.07, 6.45) is 0. The Kier molecular flexibility index (Phi) is 4.89. The summed E-state index contributed by atoms with van der Waals surface area (Å²) in [4.78, 5) is 35.6. The number of rotatable bonds is 3. The van der Waals surface area contributed by atoms with E-state index in [9.17, 15) is 18.8 Å². The SMILES string of the molecule is O=C(NC(=O)c1ccc(-c2ccccc2)o1)NC(=O)c1ccccc1F. The molecule has 0 aliphatic rings. The van der Waals surface area contributed by atoms with Crippen LogP contribution in [-0.4, -0.2) is 17.8 Å². The van der Waals surface area contributed by atoms with Crippen LogP contribution in [0.25, 0.3) is 11.3 Å². The molecule has 1 heterocycles. The van der Waals surface area contributed by atoms with Gasteiger partial charge in [-0.2, -0.15) is 0 Å². The first-order valence-electron chi connectivity index (χ1n) is 7.61. The van der Waals surface area contributed by atoms with Crippen LogP contribution in [0.5, 0.6) is 0 Å². The molecule has 0 aliphatic carbocycles. The Morgan fingerprint density at radius 2 is 1.42 bits per heavy atom. The van der Waals surface area contributed by atoms with Gasteiger partial charge in [0.25, 0.3) is 11.8 Å². The highest BCUT2D eigenvalue weighted by Gasteiger charge is 2.18. The van der Waals surface area contributed by atoms with Crippen LogP contribution in [0.15, 0.2) is 71.1 Å². The van der Waals surface area contributed by atoms with Crippen molar-refractivity contribution >= 4 is 17.8 Å². The Bertz CT molecular complexity index is 966. The molecule has 0 bridgehead atoms. The zero-order valence-corrected chi connectivity index (χ0v) is 13.4. The predicted molar refractivity (Wildman–Crippen MR) is 90.9 cm³/mol. The molecule has 3 aromatic rings. The number of urea groups is 1. The van der Waals surface area contributed by atoms with Crippen LogP contribution in [0.3, 0.4) is 0 Å². The first-order valence-corrected chi connectivity index (χ1v) is 7.61. The van der Waals surface area contributed by atoms with Gasteiger partial charge >= 0.3 is 6.03 Å². The lowest BCUT2D eigenvalue weighted by atomic mass is 10.2. The van der Waals surface area contributed by atoms with Crippen LogP contribution in [0, 0.1) is 5.82 Å². The topological polar surface area (TPSA) is 88.4 Å². The molecule has 3 rings (SSSR count). The van der Waals surface area contributed by atoms with Crippen LogP contribution in [0.1, 0.15) is 20.9 Å². The fourth-order valence-electron chi connectivity index (χ4n) is 2.23. The summed E-state index contributed by atoms with van der Waals surface area (Å²) in [6.45, 7) is 0. The van der Waals surface area contributed by atoms with Crippen molar-refractivity contribution < 1.29 is 23.2 Å². The summed E-state index contributed by atoms with van der Waals surface area (Å²) in [5.41, 5.74) is 0.463. The molecular formula is C19H13FN2O4. The summed E-state index contributed by atoms with van der Waals surface area (Å²) < 4.78 is 18.9. The largest absolute Gasteiger partial charge is 0.451 e. The molecule has 0 saturated heterocycles. The van der Waals surface area contributed by atoms with Gasteiger partial charge in [0.15, 0.2) is 5.76 Å². The number of imide groups is 2. The number of carbonyl (C=O) groups excluding carboxylic acids is 3. The van der Waals surface area contributed by atoms with E-state index in [1.54, 1.807) is 18.2 Å². The highest BCUT2D eigenvalue weighted by atomic mass is 19.1. The molecule has 1 aromatic heterocycles. The molecule has 2 aromatic carbocycles. The maximum absolute atomic E-state index is 13.5. The van der Waals surface area contributed by atoms with Crippen molar-refractivity contribution in [1.29, 1.82) is 0 Å². The zero-order valence-electron chi connectivity index (χ0n) is 13.4. The molecule has 0 radical (unpaired) electrons. The molecule has 7 heteroatoms. The van der Waals surface area contributed by atoms with Gasteiger partial charge in [-0.3, -0.25) is 20.2 Å². The monoisotopic (exact) mass is 352 g/mol. The lowest BCUT2D eigenvalue weighted by Crippen LogP contribution is -2.42. The summed E-state index contributed by atoms with van der Waals surface area (Å²) in [5.74, 6) is -2.21. The van der Waals surface area contributed by atoms with Crippen molar-refractivity contribution in [2.45, 2.75) is 0 Å². The van der Waals surface area contributed by atoms with E-state index < -0.39 is 23.7 Å². The van der Waals surface area contributed by atoms with Crippen LogP contribution in [0.4, 0.5) is 9.18 Å². The standard InChI is InChI=1S/C19H13FN2O4/c20-14-9-5-4-8-13(14)17(23)21-19(25)22-18(24)16-11-10-15(26-16)12-6-2-1-3-7-12/h1-11H,(H2,21,22,23,24,25). The van der Waals surface area contributed by atoms with Gasteiger partial charge in [0.05, 0.1) is 5.56 Å². The van der Waals surface area contributed by atoms with E-state index in [0.29, 0.717) is 5.76 Å². The number of amides is 4. The molecule has 26 heavy (non-hydrogen) atoms. The van der Waals surface area contributed by atoms with E-state index in [0.717, 1.165) is 11.6 Å². The number of carbonyl (C=O) groups is 3. The summed E-state index contributed by atoms with van der Waals surface area (Å²) in [5, 5.41) is 3.84. The second kappa shape index (κ2) is 7.43. The second-order valence-corrected chi connectivity index (χ2v) is 5.25. The highest BCUT2D eigenvalue weighted by Crippen LogP contribution is 2.21. The number of halogens is 1. The van der Waals surface area contributed by atoms with E-state index in [1.807, 2.05) is 28.8 Å². The Morgan fingerprint density at radius 1 is 0.769 bits per heavy atom. The summed E-state index contributed by atoms with van der Waals surface area (Å²) in [7, 11) is 0. The first kappa shape index (κ1) is 17.1. The molecule has 0 aliphatic heterocycles. The van der Waals surface area contributed by atoms with Gasteiger partial charge in [-0.1, -0.05) is 42.5 Å².